The Balaban J connectivity index is 1.50. The second-order valence-electron chi connectivity index (χ2n) is 9.41. The molecule has 4 aromatic rings. The topological polar surface area (TPSA) is 84.5 Å². The molecule has 0 aromatic heterocycles. The van der Waals surface area contributed by atoms with Gasteiger partial charge in [0.25, 0.3) is 0 Å². The minimum Gasteiger partial charge on any atom is -0.494 e. The van der Waals surface area contributed by atoms with Crippen LogP contribution in [0.25, 0.3) is 6.08 Å². The van der Waals surface area contributed by atoms with Gasteiger partial charge in [-0.3, -0.25) is 14.4 Å². The molecule has 0 spiro atoms. The van der Waals surface area contributed by atoms with Crippen molar-refractivity contribution < 1.29 is 19.1 Å². The molecule has 2 amide bonds. The lowest BCUT2D eigenvalue weighted by atomic mass is 10.0. The monoisotopic (exact) mass is 532 g/mol. The average Bonchev–Trinajstić information content (AvgIpc) is 2.97. The first-order valence-electron chi connectivity index (χ1n) is 13.2. The molecule has 0 unspecified atom stereocenters. The molecule has 6 nitrogen and oxygen atoms in total. The minimum atomic E-state index is -0.347. The van der Waals surface area contributed by atoms with Crippen LogP contribution in [0.1, 0.15) is 46.0 Å². The van der Waals surface area contributed by atoms with Crippen molar-refractivity contribution in [3.8, 4) is 5.75 Å². The van der Waals surface area contributed by atoms with E-state index in [1.807, 2.05) is 68.4 Å². The van der Waals surface area contributed by atoms with Gasteiger partial charge in [-0.15, -0.1) is 0 Å². The molecule has 0 aliphatic carbocycles. The summed E-state index contributed by atoms with van der Waals surface area (Å²) < 4.78 is 5.59. The van der Waals surface area contributed by atoms with Crippen LogP contribution in [0.15, 0.2) is 103 Å². The summed E-state index contributed by atoms with van der Waals surface area (Å²) in [6.07, 6.45) is 4.24. The SMILES string of the molecule is CCCOc1ccc(C=CC(=O)Nc2ccc(NC(=O)Cc3ccc(C)cc3)c(C(=O)c3ccccc3)c2)cc1. The van der Waals surface area contributed by atoms with E-state index in [9.17, 15) is 14.4 Å². The van der Waals surface area contributed by atoms with E-state index in [4.69, 9.17) is 4.74 Å². The Kier molecular flexibility index (Phi) is 9.62. The molecule has 0 heterocycles. The van der Waals surface area contributed by atoms with Gasteiger partial charge in [0.15, 0.2) is 5.78 Å². The van der Waals surface area contributed by atoms with Gasteiger partial charge >= 0.3 is 0 Å². The largest absolute Gasteiger partial charge is 0.494 e. The molecule has 6 heteroatoms. The van der Waals surface area contributed by atoms with E-state index >= 15 is 0 Å². The molecule has 4 aromatic carbocycles. The normalized spacial score (nSPS) is 10.8. The molecule has 0 aliphatic rings. The molecule has 0 saturated carbocycles. The fourth-order valence-corrected chi connectivity index (χ4v) is 4.00. The molecule has 0 radical (unpaired) electrons. The van der Waals surface area contributed by atoms with Gasteiger partial charge in [-0.25, -0.2) is 0 Å². The van der Waals surface area contributed by atoms with Crippen molar-refractivity contribution >= 4 is 35.0 Å². The Morgan fingerprint density at radius 3 is 2.25 bits per heavy atom. The zero-order chi connectivity index (χ0) is 28.3. The van der Waals surface area contributed by atoms with E-state index in [1.54, 1.807) is 48.5 Å². The van der Waals surface area contributed by atoms with Crippen LogP contribution >= 0.6 is 0 Å². The van der Waals surface area contributed by atoms with Gasteiger partial charge in [0.2, 0.25) is 11.8 Å². The predicted molar refractivity (Wildman–Crippen MR) is 160 cm³/mol. The summed E-state index contributed by atoms with van der Waals surface area (Å²) in [4.78, 5) is 38.9. The number of carbonyl (C=O) groups is 3. The number of rotatable bonds is 11. The van der Waals surface area contributed by atoms with Gasteiger partial charge in [-0.05, 0) is 60.9 Å². The quantitative estimate of drug-likeness (QED) is 0.163. The summed E-state index contributed by atoms with van der Waals surface area (Å²) in [5.74, 6) is -0.0641. The third-order valence-electron chi connectivity index (χ3n) is 6.11. The molecule has 40 heavy (non-hydrogen) atoms. The second-order valence-corrected chi connectivity index (χ2v) is 9.41. The van der Waals surface area contributed by atoms with Crippen LogP contribution in [0, 0.1) is 6.92 Å². The van der Waals surface area contributed by atoms with Crippen LogP contribution in [0.5, 0.6) is 5.75 Å². The summed E-state index contributed by atoms with van der Waals surface area (Å²) in [7, 11) is 0. The Labute approximate surface area is 234 Å². The van der Waals surface area contributed by atoms with Crippen molar-refractivity contribution in [2.24, 2.45) is 0 Å². The number of amides is 2. The molecule has 2 N–H and O–H groups in total. The van der Waals surface area contributed by atoms with Crippen LogP contribution in [-0.2, 0) is 16.0 Å². The van der Waals surface area contributed by atoms with Crippen molar-refractivity contribution in [2.75, 3.05) is 17.2 Å². The summed E-state index contributed by atoms with van der Waals surface area (Å²) in [5, 5.41) is 5.68. The van der Waals surface area contributed by atoms with E-state index in [2.05, 4.69) is 10.6 Å². The van der Waals surface area contributed by atoms with Gasteiger partial charge in [0.05, 0.1) is 18.7 Å². The summed E-state index contributed by atoms with van der Waals surface area (Å²) in [5.41, 5.74) is 4.42. The van der Waals surface area contributed by atoms with Crippen LogP contribution in [0.4, 0.5) is 11.4 Å². The highest BCUT2D eigenvalue weighted by Crippen LogP contribution is 2.24. The van der Waals surface area contributed by atoms with Crippen molar-refractivity contribution in [3.63, 3.8) is 0 Å². The van der Waals surface area contributed by atoms with E-state index in [0.717, 1.165) is 28.9 Å². The fraction of sp³-hybridized carbons (Fsp3) is 0.147. The third-order valence-corrected chi connectivity index (χ3v) is 6.11. The van der Waals surface area contributed by atoms with Gasteiger partial charge in [-0.2, -0.15) is 0 Å². The fourth-order valence-electron chi connectivity index (χ4n) is 4.00. The molecule has 0 bridgehead atoms. The van der Waals surface area contributed by atoms with Crippen LogP contribution in [0.2, 0.25) is 0 Å². The molecular weight excluding hydrogens is 500 g/mol. The predicted octanol–water partition coefficient (Wildman–Crippen LogP) is 6.85. The van der Waals surface area contributed by atoms with Gasteiger partial charge in [0.1, 0.15) is 5.75 Å². The molecule has 0 atom stereocenters. The lowest BCUT2D eigenvalue weighted by Crippen LogP contribution is -2.18. The first kappa shape index (κ1) is 28.0. The number of carbonyl (C=O) groups excluding carboxylic acids is 3. The van der Waals surface area contributed by atoms with Crippen molar-refractivity contribution in [3.05, 3.63) is 131 Å². The number of nitrogens with one attached hydrogen (secondary N) is 2. The van der Waals surface area contributed by atoms with Crippen molar-refractivity contribution in [1.29, 1.82) is 0 Å². The number of ketones is 1. The number of anilines is 2. The van der Waals surface area contributed by atoms with Crippen LogP contribution < -0.4 is 15.4 Å². The summed E-state index contributed by atoms with van der Waals surface area (Å²) >= 11 is 0. The maximum absolute atomic E-state index is 13.4. The minimum absolute atomic E-state index is 0.175. The Bertz CT molecular complexity index is 1490. The molecule has 0 aliphatic heterocycles. The van der Waals surface area contributed by atoms with E-state index in [0.29, 0.717) is 23.5 Å². The highest BCUT2D eigenvalue weighted by Gasteiger charge is 2.17. The maximum atomic E-state index is 13.4. The highest BCUT2D eigenvalue weighted by molar-refractivity contribution is 6.15. The molecule has 0 fully saturated rings. The van der Waals surface area contributed by atoms with E-state index < -0.39 is 0 Å². The zero-order valence-corrected chi connectivity index (χ0v) is 22.6. The van der Waals surface area contributed by atoms with Crippen LogP contribution in [-0.4, -0.2) is 24.2 Å². The first-order chi connectivity index (χ1) is 19.4. The number of ether oxygens (including phenoxy) is 1. The lowest BCUT2D eigenvalue weighted by Gasteiger charge is -2.13. The Morgan fingerprint density at radius 2 is 1.55 bits per heavy atom. The van der Waals surface area contributed by atoms with E-state index in [-0.39, 0.29) is 29.6 Å². The number of hydrogen-bond donors (Lipinski definition) is 2. The van der Waals surface area contributed by atoms with Crippen LogP contribution in [0.3, 0.4) is 0 Å². The summed E-state index contributed by atoms with van der Waals surface area (Å²) in [6, 6.07) is 28.9. The molecule has 4 rings (SSSR count). The number of benzene rings is 4. The van der Waals surface area contributed by atoms with Gasteiger partial charge in [-0.1, -0.05) is 79.2 Å². The summed E-state index contributed by atoms with van der Waals surface area (Å²) in [6.45, 7) is 4.69. The Hall–Kier alpha value is -4.97. The molecule has 202 valence electrons. The maximum Gasteiger partial charge on any atom is 0.248 e. The van der Waals surface area contributed by atoms with Crippen molar-refractivity contribution in [1.82, 2.24) is 0 Å². The lowest BCUT2D eigenvalue weighted by molar-refractivity contribution is -0.115. The van der Waals surface area contributed by atoms with E-state index in [1.165, 1.54) is 6.08 Å². The zero-order valence-electron chi connectivity index (χ0n) is 22.6. The van der Waals surface area contributed by atoms with Gasteiger partial charge in [0, 0.05) is 22.9 Å². The standard InChI is InChI=1S/C34H32N2O4/c1-3-21-40-29-17-13-25(14-18-29)15-20-32(37)35-28-16-19-31(30(23-28)34(39)27-7-5-4-6-8-27)36-33(38)22-26-11-9-24(2)10-12-26/h4-20,23H,3,21-22H2,1-2H3,(H,35,37)(H,36,38). The number of aryl methyl sites for hydroxylation is 1. The molecule has 0 saturated heterocycles. The first-order valence-corrected chi connectivity index (χ1v) is 13.2. The van der Waals surface area contributed by atoms with Crippen molar-refractivity contribution in [2.45, 2.75) is 26.7 Å². The second kappa shape index (κ2) is 13.7. The van der Waals surface area contributed by atoms with Gasteiger partial charge < -0.3 is 15.4 Å². The average molecular weight is 533 g/mol. The highest BCUT2D eigenvalue weighted by atomic mass is 16.5. The third kappa shape index (κ3) is 8.01. The smallest absolute Gasteiger partial charge is 0.248 e. The number of hydrogen-bond acceptors (Lipinski definition) is 4. The Morgan fingerprint density at radius 1 is 0.825 bits per heavy atom. The molecular formula is C34H32N2O4.